The SMILES string of the molecule is CC(C(=O)NCc1ccc2ccoc2c1)c1cccc(Br)c1. The summed E-state index contributed by atoms with van der Waals surface area (Å²) >= 11 is 3.43. The number of amides is 1. The van der Waals surface area contributed by atoms with Gasteiger partial charge in [0.25, 0.3) is 0 Å². The first-order chi connectivity index (χ1) is 10.6. The number of benzene rings is 2. The number of carbonyl (C=O) groups is 1. The summed E-state index contributed by atoms with van der Waals surface area (Å²) in [5, 5.41) is 4.04. The quantitative estimate of drug-likeness (QED) is 0.740. The number of hydrogen-bond donors (Lipinski definition) is 1. The molecule has 0 spiro atoms. The molecule has 1 atom stereocenters. The van der Waals surface area contributed by atoms with Gasteiger partial charge in [-0.15, -0.1) is 0 Å². The van der Waals surface area contributed by atoms with Crippen LogP contribution in [0.5, 0.6) is 0 Å². The van der Waals surface area contributed by atoms with Gasteiger partial charge in [-0.3, -0.25) is 4.79 Å². The number of fused-ring (bicyclic) bond motifs is 1. The third-order valence-electron chi connectivity index (χ3n) is 3.73. The summed E-state index contributed by atoms with van der Waals surface area (Å²) in [6.45, 7) is 2.40. The first-order valence-electron chi connectivity index (χ1n) is 7.13. The van der Waals surface area contributed by atoms with E-state index >= 15 is 0 Å². The third-order valence-corrected chi connectivity index (χ3v) is 4.22. The van der Waals surface area contributed by atoms with E-state index in [1.54, 1.807) is 6.26 Å². The van der Waals surface area contributed by atoms with Crippen LogP contribution < -0.4 is 5.32 Å². The highest BCUT2D eigenvalue weighted by Crippen LogP contribution is 2.20. The molecule has 0 aliphatic heterocycles. The normalized spacial score (nSPS) is 12.3. The minimum absolute atomic E-state index is 0.0117. The topological polar surface area (TPSA) is 42.2 Å². The Morgan fingerprint density at radius 3 is 2.91 bits per heavy atom. The summed E-state index contributed by atoms with van der Waals surface area (Å²) in [6.07, 6.45) is 1.67. The van der Waals surface area contributed by atoms with Crippen molar-refractivity contribution in [1.29, 1.82) is 0 Å². The van der Waals surface area contributed by atoms with E-state index in [1.807, 2.05) is 55.5 Å². The molecule has 1 amide bonds. The van der Waals surface area contributed by atoms with Crippen LogP contribution in [-0.4, -0.2) is 5.91 Å². The van der Waals surface area contributed by atoms with E-state index in [9.17, 15) is 4.79 Å². The molecule has 1 heterocycles. The molecule has 4 heteroatoms. The van der Waals surface area contributed by atoms with E-state index in [1.165, 1.54) is 0 Å². The van der Waals surface area contributed by atoms with Crippen LogP contribution in [0, 0.1) is 0 Å². The highest BCUT2D eigenvalue weighted by atomic mass is 79.9. The Kier molecular flexibility index (Phi) is 4.29. The first-order valence-corrected chi connectivity index (χ1v) is 7.92. The number of carbonyl (C=O) groups excluding carboxylic acids is 1. The molecule has 2 aromatic carbocycles. The number of nitrogens with one attached hydrogen (secondary N) is 1. The van der Waals surface area contributed by atoms with E-state index in [0.717, 1.165) is 26.6 Å². The molecule has 3 nitrogen and oxygen atoms in total. The van der Waals surface area contributed by atoms with Crippen LogP contribution in [0.15, 0.2) is 63.7 Å². The Hall–Kier alpha value is -2.07. The van der Waals surface area contributed by atoms with Crippen LogP contribution in [-0.2, 0) is 11.3 Å². The van der Waals surface area contributed by atoms with Gasteiger partial charge in [-0.1, -0.05) is 40.2 Å². The molecule has 0 radical (unpaired) electrons. The lowest BCUT2D eigenvalue weighted by Crippen LogP contribution is -2.27. The molecular weight excluding hydrogens is 342 g/mol. The van der Waals surface area contributed by atoms with Crippen molar-refractivity contribution in [3.05, 3.63) is 70.4 Å². The summed E-state index contributed by atoms with van der Waals surface area (Å²) < 4.78 is 6.36. The Morgan fingerprint density at radius 2 is 2.09 bits per heavy atom. The molecular formula is C18H16BrNO2. The number of furan rings is 1. The van der Waals surface area contributed by atoms with Crippen LogP contribution in [0.2, 0.25) is 0 Å². The largest absolute Gasteiger partial charge is 0.464 e. The number of rotatable bonds is 4. The predicted molar refractivity (Wildman–Crippen MR) is 90.6 cm³/mol. The Labute approximate surface area is 137 Å². The van der Waals surface area contributed by atoms with E-state index in [2.05, 4.69) is 21.2 Å². The molecule has 0 aliphatic rings. The summed E-state index contributed by atoms with van der Waals surface area (Å²) in [4.78, 5) is 12.3. The van der Waals surface area contributed by atoms with E-state index < -0.39 is 0 Å². The zero-order chi connectivity index (χ0) is 15.5. The van der Waals surface area contributed by atoms with Crippen molar-refractivity contribution in [3.63, 3.8) is 0 Å². The van der Waals surface area contributed by atoms with Gasteiger partial charge in [-0.2, -0.15) is 0 Å². The Bertz CT molecular complexity index is 809. The zero-order valence-corrected chi connectivity index (χ0v) is 13.8. The second-order valence-electron chi connectivity index (χ2n) is 5.29. The van der Waals surface area contributed by atoms with Crippen molar-refractivity contribution in [2.45, 2.75) is 19.4 Å². The molecule has 22 heavy (non-hydrogen) atoms. The second-order valence-corrected chi connectivity index (χ2v) is 6.20. The van der Waals surface area contributed by atoms with Crippen LogP contribution in [0.1, 0.15) is 24.0 Å². The predicted octanol–water partition coefficient (Wildman–Crippen LogP) is 4.62. The highest BCUT2D eigenvalue weighted by molar-refractivity contribution is 9.10. The molecule has 1 aromatic heterocycles. The van der Waals surface area contributed by atoms with Crippen LogP contribution in [0.25, 0.3) is 11.0 Å². The van der Waals surface area contributed by atoms with Crippen molar-refractivity contribution in [3.8, 4) is 0 Å². The van der Waals surface area contributed by atoms with Gasteiger partial charge in [0.15, 0.2) is 0 Å². The second kappa shape index (κ2) is 6.36. The van der Waals surface area contributed by atoms with E-state index in [-0.39, 0.29) is 11.8 Å². The summed E-state index contributed by atoms with van der Waals surface area (Å²) in [5.74, 6) is -0.178. The minimum Gasteiger partial charge on any atom is -0.464 e. The van der Waals surface area contributed by atoms with Gasteiger partial charge in [0.2, 0.25) is 5.91 Å². The van der Waals surface area contributed by atoms with E-state index in [0.29, 0.717) is 6.54 Å². The fourth-order valence-corrected chi connectivity index (χ4v) is 2.80. The van der Waals surface area contributed by atoms with Gasteiger partial charge in [-0.05, 0) is 42.3 Å². The van der Waals surface area contributed by atoms with Crippen molar-refractivity contribution in [2.75, 3.05) is 0 Å². The summed E-state index contributed by atoms with van der Waals surface area (Å²) in [6, 6.07) is 15.7. The molecule has 112 valence electrons. The molecule has 1 N–H and O–H groups in total. The monoisotopic (exact) mass is 357 g/mol. The minimum atomic E-state index is -0.190. The average molecular weight is 358 g/mol. The maximum absolute atomic E-state index is 12.3. The average Bonchev–Trinajstić information content (AvgIpc) is 2.99. The maximum Gasteiger partial charge on any atom is 0.227 e. The number of halogens is 1. The molecule has 0 bridgehead atoms. The highest BCUT2D eigenvalue weighted by Gasteiger charge is 2.15. The van der Waals surface area contributed by atoms with Crippen molar-refractivity contribution in [2.24, 2.45) is 0 Å². The summed E-state index contributed by atoms with van der Waals surface area (Å²) in [5.41, 5.74) is 2.86. The molecule has 0 saturated carbocycles. The third kappa shape index (κ3) is 3.22. The van der Waals surface area contributed by atoms with Gasteiger partial charge in [0, 0.05) is 16.4 Å². The zero-order valence-electron chi connectivity index (χ0n) is 12.2. The lowest BCUT2D eigenvalue weighted by molar-refractivity contribution is -0.122. The van der Waals surface area contributed by atoms with Gasteiger partial charge in [-0.25, -0.2) is 0 Å². The molecule has 0 saturated heterocycles. The summed E-state index contributed by atoms with van der Waals surface area (Å²) in [7, 11) is 0. The Balaban J connectivity index is 1.66. The standard InChI is InChI=1S/C18H16BrNO2/c1-12(15-3-2-4-16(19)10-15)18(21)20-11-13-5-6-14-7-8-22-17(14)9-13/h2-10,12H,11H2,1H3,(H,20,21). The van der Waals surface area contributed by atoms with Gasteiger partial charge in [0.1, 0.15) is 5.58 Å². The van der Waals surface area contributed by atoms with Crippen LogP contribution in [0.4, 0.5) is 0 Å². The fourth-order valence-electron chi connectivity index (χ4n) is 2.38. The smallest absolute Gasteiger partial charge is 0.227 e. The van der Waals surface area contributed by atoms with Crippen molar-refractivity contribution in [1.82, 2.24) is 5.32 Å². The van der Waals surface area contributed by atoms with Gasteiger partial charge >= 0.3 is 0 Å². The molecule has 0 aliphatic carbocycles. The Morgan fingerprint density at radius 1 is 1.23 bits per heavy atom. The lowest BCUT2D eigenvalue weighted by atomic mass is 10.0. The van der Waals surface area contributed by atoms with E-state index in [4.69, 9.17) is 4.42 Å². The maximum atomic E-state index is 12.3. The van der Waals surface area contributed by atoms with Crippen LogP contribution in [0.3, 0.4) is 0 Å². The molecule has 0 fully saturated rings. The van der Waals surface area contributed by atoms with Gasteiger partial charge < -0.3 is 9.73 Å². The molecule has 3 aromatic rings. The van der Waals surface area contributed by atoms with Crippen molar-refractivity contribution >= 4 is 32.8 Å². The van der Waals surface area contributed by atoms with Crippen LogP contribution >= 0.6 is 15.9 Å². The van der Waals surface area contributed by atoms with Crippen molar-refractivity contribution < 1.29 is 9.21 Å². The number of hydrogen-bond acceptors (Lipinski definition) is 2. The van der Waals surface area contributed by atoms with Gasteiger partial charge in [0.05, 0.1) is 12.2 Å². The molecule has 3 rings (SSSR count). The molecule has 1 unspecified atom stereocenters. The fraction of sp³-hybridized carbons (Fsp3) is 0.167. The lowest BCUT2D eigenvalue weighted by Gasteiger charge is -2.13. The first kappa shape index (κ1) is 14.9.